The third-order valence-corrected chi connectivity index (χ3v) is 4.90. The number of hydrogen-bond donors (Lipinski definition) is 2. The Hall–Kier alpha value is -1.20. The Morgan fingerprint density at radius 3 is 2.11 bits per heavy atom. The summed E-state index contributed by atoms with van der Waals surface area (Å²) in [5, 5.41) is 2.81. The van der Waals surface area contributed by atoms with Gasteiger partial charge in [0.25, 0.3) is 0 Å². The number of nitrogens with one attached hydrogen (secondary N) is 1. The molecule has 0 radical (unpaired) electrons. The van der Waals surface area contributed by atoms with Gasteiger partial charge >= 0.3 is 0 Å². The Morgan fingerprint density at radius 2 is 1.74 bits per heavy atom. The lowest BCUT2D eigenvalue weighted by atomic mass is 9.89. The molecule has 0 heterocycles. The molecular formula is C14H23NO3S. The minimum Gasteiger partial charge on any atom is -0.326 e. The first-order chi connectivity index (χ1) is 8.42. The Balaban J connectivity index is 2.91. The molecule has 0 saturated carbocycles. The molecule has 1 rings (SSSR count). The molecule has 1 aromatic carbocycles. The van der Waals surface area contributed by atoms with E-state index in [1.54, 1.807) is 24.3 Å². The van der Waals surface area contributed by atoms with Crippen molar-refractivity contribution in [2.24, 2.45) is 5.41 Å². The number of amides is 1. The minimum atomic E-state index is -3.72. The first kappa shape index (κ1) is 15.9. The zero-order valence-electron chi connectivity index (χ0n) is 12.2. The molecule has 5 heteroatoms. The molecule has 19 heavy (non-hydrogen) atoms. The van der Waals surface area contributed by atoms with E-state index >= 15 is 0 Å². The van der Waals surface area contributed by atoms with Gasteiger partial charge in [0.2, 0.25) is 5.91 Å². The minimum absolute atomic E-state index is 0.0580. The molecule has 0 aliphatic rings. The largest absolute Gasteiger partial charge is 0.326 e. The fraction of sp³-hybridized carbons (Fsp3) is 0.500. The maximum atomic E-state index is 12.0. The van der Waals surface area contributed by atoms with E-state index in [9.17, 15) is 13.6 Å². The van der Waals surface area contributed by atoms with Gasteiger partial charge in [0.1, 0.15) is 0 Å². The Kier molecular flexibility index (Phi) is 3.94. The van der Waals surface area contributed by atoms with E-state index in [2.05, 4.69) is 5.32 Å². The second-order valence-electron chi connectivity index (χ2n) is 5.98. The van der Waals surface area contributed by atoms with Crippen molar-refractivity contribution in [1.82, 2.24) is 0 Å². The quantitative estimate of drug-likeness (QED) is 0.893. The second-order valence-corrected chi connectivity index (χ2v) is 9.98. The number of hydrogen-bond acceptors (Lipinski definition) is 2. The Morgan fingerprint density at radius 1 is 1.26 bits per heavy atom. The number of anilines is 1. The SMILES string of the molecule is CCC(C)(C)C(=O)Nc1ccc(S(C)(C)(=O)O)cc1. The van der Waals surface area contributed by atoms with Crippen molar-refractivity contribution in [3.63, 3.8) is 0 Å². The van der Waals surface area contributed by atoms with Crippen LogP contribution in [0.15, 0.2) is 29.2 Å². The van der Waals surface area contributed by atoms with Crippen molar-refractivity contribution in [3.8, 4) is 0 Å². The zero-order valence-corrected chi connectivity index (χ0v) is 13.0. The second kappa shape index (κ2) is 4.72. The molecule has 108 valence electrons. The first-order valence-corrected chi connectivity index (χ1v) is 8.95. The van der Waals surface area contributed by atoms with Gasteiger partial charge in [-0.15, -0.1) is 0 Å². The van der Waals surface area contributed by atoms with Crippen LogP contribution in [0.25, 0.3) is 0 Å². The van der Waals surface area contributed by atoms with Gasteiger partial charge in [-0.3, -0.25) is 9.35 Å². The molecule has 2 N–H and O–H groups in total. The van der Waals surface area contributed by atoms with E-state index in [0.717, 1.165) is 6.42 Å². The van der Waals surface area contributed by atoms with Crippen LogP contribution in [0.5, 0.6) is 0 Å². The predicted octanol–water partition coefficient (Wildman–Crippen LogP) is 2.97. The number of rotatable bonds is 4. The van der Waals surface area contributed by atoms with Crippen LogP contribution in [0.1, 0.15) is 27.2 Å². The summed E-state index contributed by atoms with van der Waals surface area (Å²) in [5.41, 5.74) is 0.202. The predicted molar refractivity (Wildman–Crippen MR) is 80.0 cm³/mol. The smallest absolute Gasteiger partial charge is 0.230 e. The van der Waals surface area contributed by atoms with Crippen molar-refractivity contribution >= 4 is 20.9 Å². The van der Waals surface area contributed by atoms with Crippen LogP contribution in [0, 0.1) is 5.41 Å². The molecule has 0 unspecified atom stereocenters. The summed E-state index contributed by atoms with van der Waals surface area (Å²) in [4.78, 5) is 12.4. The van der Waals surface area contributed by atoms with E-state index in [-0.39, 0.29) is 5.91 Å². The fourth-order valence-electron chi connectivity index (χ4n) is 1.39. The molecule has 0 atom stereocenters. The van der Waals surface area contributed by atoms with Crippen LogP contribution < -0.4 is 5.32 Å². The highest BCUT2D eigenvalue weighted by Crippen LogP contribution is 2.27. The molecular weight excluding hydrogens is 262 g/mol. The van der Waals surface area contributed by atoms with Gasteiger partial charge in [0.05, 0.1) is 4.90 Å². The van der Waals surface area contributed by atoms with Crippen molar-refractivity contribution in [3.05, 3.63) is 24.3 Å². The molecule has 0 spiro atoms. The van der Waals surface area contributed by atoms with E-state index in [1.165, 1.54) is 12.5 Å². The highest BCUT2D eigenvalue weighted by Gasteiger charge is 2.25. The van der Waals surface area contributed by atoms with Crippen LogP contribution in [0.2, 0.25) is 0 Å². The lowest BCUT2D eigenvalue weighted by molar-refractivity contribution is -0.124. The molecule has 1 aromatic rings. The van der Waals surface area contributed by atoms with Gasteiger partial charge in [0, 0.05) is 23.6 Å². The summed E-state index contributed by atoms with van der Waals surface area (Å²) >= 11 is 0. The summed E-state index contributed by atoms with van der Waals surface area (Å²) in [5.74, 6) is -0.0580. The summed E-state index contributed by atoms with van der Waals surface area (Å²) in [7, 11) is -3.72. The van der Waals surface area contributed by atoms with Crippen LogP contribution in [0.4, 0.5) is 5.69 Å². The first-order valence-electron chi connectivity index (χ1n) is 6.21. The lowest BCUT2D eigenvalue weighted by Gasteiger charge is -2.34. The average molecular weight is 285 g/mol. The topological polar surface area (TPSA) is 66.4 Å². The van der Waals surface area contributed by atoms with Gasteiger partial charge in [-0.05, 0) is 30.7 Å². The maximum absolute atomic E-state index is 12.0. The third-order valence-electron chi connectivity index (χ3n) is 3.28. The number of benzene rings is 1. The Bertz CT molecular complexity index is 529. The molecule has 0 fully saturated rings. The molecule has 0 bridgehead atoms. The maximum Gasteiger partial charge on any atom is 0.230 e. The summed E-state index contributed by atoms with van der Waals surface area (Å²) in [6, 6.07) is 6.44. The number of carbonyl (C=O) groups excluding carboxylic acids is 1. The number of carbonyl (C=O) groups is 1. The van der Waals surface area contributed by atoms with E-state index in [0.29, 0.717) is 10.6 Å². The molecule has 0 aliphatic heterocycles. The fourth-order valence-corrected chi connectivity index (χ4v) is 2.30. The standard InChI is InChI=1S/C14H23NO3S/c1-6-14(2,3)13(16)15-11-7-9-12(10-8-11)19(4,5,17)18/h7-10H,6H2,1-5H3,(H,15,16)(H,17,18). The van der Waals surface area contributed by atoms with Crippen molar-refractivity contribution in [2.45, 2.75) is 32.1 Å². The van der Waals surface area contributed by atoms with E-state index in [1.807, 2.05) is 20.8 Å². The van der Waals surface area contributed by atoms with Crippen LogP contribution in [0.3, 0.4) is 0 Å². The highest BCUT2D eigenvalue weighted by molar-refractivity contribution is 8.14. The van der Waals surface area contributed by atoms with Gasteiger partial charge < -0.3 is 5.32 Å². The zero-order chi connectivity index (χ0) is 14.9. The van der Waals surface area contributed by atoms with Gasteiger partial charge in [0.15, 0.2) is 0 Å². The van der Waals surface area contributed by atoms with Crippen LogP contribution >= 0.6 is 0 Å². The van der Waals surface area contributed by atoms with Gasteiger partial charge in [-0.1, -0.05) is 20.8 Å². The lowest BCUT2D eigenvalue weighted by Crippen LogP contribution is -2.30. The monoisotopic (exact) mass is 285 g/mol. The molecule has 0 saturated heterocycles. The molecule has 0 aromatic heterocycles. The summed E-state index contributed by atoms with van der Waals surface area (Å²) < 4.78 is 21.9. The van der Waals surface area contributed by atoms with Crippen LogP contribution in [-0.4, -0.2) is 27.2 Å². The average Bonchev–Trinajstić information content (AvgIpc) is 2.27. The van der Waals surface area contributed by atoms with Crippen molar-refractivity contribution in [1.29, 1.82) is 0 Å². The van der Waals surface area contributed by atoms with E-state index in [4.69, 9.17) is 0 Å². The Labute approximate surface area is 114 Å². The van der Waals surface area contributed by atoms with Gasteiger partial charge in [-0.25, -0.2) is 4.21 Å². The third kappa shape index (κ3) is 4.14. The summed E-state index contributed by atoms with van der Waals surface area (Å²) in [6.45, 7) is 5.72. The van der Waals surface area contributed by atoms with Gasteiger partial charge in [-0.2, -0.15) is 9.35 Å². The molecule has 4 nitrogen and oxygen atoms in total. The summed E-state index contributed by atoms with van der Waals surface area (Å²) in [6.07, 6.45) is 3.36. The normalized spacial score (nSPS) is 14.5. The molecule has 1 amide bonds. The van der Waals surface area contributed by atoms with Crippen molar-refractivity contribution in [2.75, 3.05) is 17.8 Å². The molecule has 0 aliphatic carbocycles. The van der Waals surface area contributed by atoms with Crippen molar-refractivity contribution < 1.29 is 13.6 Å². The van der Waals surface area contributed by atoms with Crippen LogP contribution in [-0.2, 0) is 14.1 Å². The van der Waals surface area contributed by atoms with E-state index < -0.39 is 14.8 Å². The highest BCUT2D eigenvalue weighted by atomic mass is 32.3.